The maximum absolute atomic E-state index is 11.7. The molecular weight excluding hydrogens is 360 g/mol. The van der Waals surface area contributed by atoms with E-state index in [-0.39, 0.29) is 15.1 Å². The Morgan fingerprint density at radius 2 is 2.11 bits per heavy atom. The summed E-state index contributed by atoms with van der Waals surface area (Å²) < 4.78 is 27.2. The van der Waals surface area contributed by atoms with Crippen molar-refractivity contribution in [2.24, 2.45) is 0 Å². The van der Waals surface area contributed by atoms with Crippen molar-refractivity contribution in [1.82, 2.24) is 5.16 Å². The summed E-state index contributed by atoms with van der Waals surface area (Å²) in [6, 6.07) is 5.53. The monoisotopic (exact) mass is 364 g/mol. The van der Waals surface area contributed by atoms with Crippen LogP contribution in [0.2, 0.25) is 0 Å². The molecule has 0 aliphatic rings. The fourth-order valence-corrected chi connectivity index (χ4v) is 3.52. The van der Waals surface area contributed by atoms with Gasteiger partial charge >= 0.3 is 0 Å². The van der Waals surface area contributed by atoms with Crippen molar-refractivity contribution >= 4 is 47.3 Å². The molecule has 0 aliphatic heterocycles. The number of carbonyl (C=O) groups is 1. The molecule has 19 heavy (non-hydrogen) atoms. The predicted molar refractivity (Wildman–Crippen MR) is 71.6 cm³/mol. The number of benzene rings is 1. The number of hydrogen-bond donors (Lipinski definition) is 1. The molecule has 100 valence electrons. The molecule has 1 aromatic heterocycles. The van der Waals surface area contributed by atoms with E-state index in [1.54, 1.807) is 0 Å². The van der Waals surface area contributed by atoms with Crippen molar-refractivity contribution < 1.29 is 17.7 Å². The molecule has 1 aromatic carbocycles. The highest BCUT2D eigenvalue weighted by Crippen LogP contribution is 2.28. The van der Waals surface area contributed by atoms with E-state index in [0.717, 1.165) is 0 Å². The van der Waals surface area contributed by atoms with E-state index >= 15 is 0 Å². The zero-order chi connectivity index (χ0) is 14.0. The van der Waals surface area contributed by atoms with Crippen LogP contribution in [0.4, 0.5) is 5.69 Å². The number of hydrogen-bond acceptors (Lipinski definition) is 5. The Morgan fingerprint density at radius 1 is 1.37 bits per heavy atom. The number of halogens is 2. The van der Waals surface area contributed by atoms with Gasteiger partial charge in [-0.1, -0.05) is 5.16 Å². The van der Waals surface area contributed by atoms with Crippen LogP contribution in [0.5, 0.6) is 0 Å². The summed E-state index contributed by atoms with van der Waals surface area (Å²) in [5.41, 5.74) is 0.508. The summed E-state index contributed by atoms with van der Waals surface area (Å²) in [5.74, 6) is -0.470. The smallest absolute Gasteiger partial charge is 0.277 e. The van der Waals surface area contributed by atoms with E-state index in [1.165, 1.54) is 30.5 Å². The lowest BCUT2D eigenvalue weighted by atomic mass is 10.3. The summed E-state index contributed by atoms with van der Waals surface area (Å²) in [4.78, 5) is 11.6. The number of nitrogens with one attached hydrogen (secondary N) is 1. The van der Waals surface area contributed by atoms with Crippen LogP contribution in [0, 0.1) is 0 Å². The maximum Gasteiger partial charge on any atom is 0.277 e. The quantitative estimate of drug-likeness (QED) is 0.845. The van der Waals surface area contributed by atoms with E-state index in [1.807, 2.05) is 0 Å². The molecule has 2 rings (SSSR count). The second-order valence-corrected chi connectivity index (χ2v) is 6.81. The standard InChI is InChI=1S/C10H6BrClN2O4S/c11-7-5-6(1-2-9(7)19(12,16)17)13-10(15)8-3-4-18-14-8/h1-5H,(H,13,15). The number of rotatable bonds is 3. The van der Waals surface area contributed by atoms with Crippen molar-refractivity contribution in [3.05, 3.63) is 40.7 Å². The molecule has 0 aliphatic carbocycles. The molecule has 0 spiro atoms. The van der Waals surface area contributed by atoms with Crippen molar-refractivity contribution in [1.29, 1.82) is 0 Å². The number of anilines is 1. The van der Waals surface area contributed by atoms with Crippen LogP contribution in [0.15, 0.2) is 44.4 Å². The SMILES string of the molecule is O=C(Nc1ccc(S(=O)(=O)Cl)c(Br)c1)c1ccon1. The number of nitrogens with zero attached hydrogens (tertiary/aromatic N) is 1. The van der Waals surface area contributed by atoms with Gasteiger partial charge in [-0.25, -0.2) is 8.42 Å². The maximum atomic E-state index is 11.7. The van der Waals surface area contributed by atoms with E-state index in [4.69, 9.17) is 10.7 Å². The first kappa shape index (κ1) is 14.0. The second kappa shape index (κ2) is 5.32. The zero-order valence-corrected chi connectivity index (χ0v) is 12.3. The molecule has 0 saturated heterocycles. The highest BCUT2D eigenvalue weighted by molar-refractivity contribution is 9.10. The summed E-state index contributed by atoms with van der Waals surface area (Å²) in [5, 5.41) is 6.01. The van der Waals surface area contributed by atoms with Crippen LogP contribution >= 0.6 is 26.6 Å². The third-order valence-electron chi connectivity index (χ3n) is 2.12. The van der Waals surface area contributed by atoms with E-state index in [9.17, 15) is 13.2 Å². The Hall–Kier alpha value is -1.38. The summed E-state index contributed by atoms with van der Waals surface area (Å²) in [6.45, 7) is 0. The Bertz CT molecular complexity index is 715. The van der Waals surface area contributed by atoms with E-state index < -0.39 is 15.0 Å². The highest BCUT2D eigenvalue weighted by Gasteiger charge is 2.16. The number of amides is 1. The first-order valence-electron chi connectivity index (χ1n) is 4.84. The average Bonchev–Trinajstić information content (AvgIpc) is 2.80. The van der Waals surface area contributed by atoms with Gasteiger partial charge in [-0.05, 0) is 34.1 Å². The van der Waals surface area contributed by atoms with Crippen molar-refractivity contribution in [3.63, 3.8) is 0 Å². The Labute approximate surface area is 121 Å². The van der Waals surface area contributed by atoms with Crippen LogP contribution < -0.4 is 5.32 Å². The third-order valence-corrected chi connectivity index (χ3v) is 4.42. The molecule has 9 heteroatoms. The molecule has 1 amide bonds. The molecule has 0 bridgehead atoms. The number of aromatic nitrogens is 1. The van der Waals surface area contributed by atoms with Gasteiger partial charge in [-0.3, -0.25) is 4.79 Å². The van der Waals surface area contributed by atoms with Crippen LogP contribution in [-0.4, -0.2) is 19.5 Å². The van der Waals surface area contributed by atoms with Gasteiger partial charge in [-0.15, -0.1) is 0 Å². The minimum absolute atomic E-state index is 0.0754. The molecule has 0 saturated carbocycles. The molecule has 0 atom stereocenters. The lowest BCUT2D eigenvalue weighted by molar-refractivity contribution is 0.101. The summed E-state index contributed by atoms with van der Waals surface area (Å²) in [6.07, 6.45) is 1.27. The first-order valence-corrected chi connectivity index (χ1v) is 7.94. The molecule has 2 aromatic rings. The van der Waals surface area contributed by atoms with E-state index in [2.05, 4.69) is 30.9 Å². The summed E-state index contributed by atoms with van der Waals surface area (Å²) in [7, 11) is 1.40. The van der Waals surface area contributed by atoms with Crippen molar-refractivity contribution in [2.45, 2.75) is 4.90 Å². The average molecular weight is 366 g/mol. The molecule has 6 nitrogen and oxygen atoms in total. The lowest BCUT2D eigenvalue weighted by Crippen LogP contribution is -2.12. The molecule has 0 fully saturated rings. The lowest BCUT2D eigenvalue weighted by Gasteiger charge is -2.05. The molecule has 1 N–H and O–H groups in total. The van der Waals surface area contributed by atoms with Gasteiger partial charge in [0, 0.05) is 26.9 Å². The minimum Gasteiger partial charge on any atom is -0.364 e. The molecule has 1 heterocycles. The Kier molecular flexibility index (Phi) is 3.93. The largest absolute Gasteiger partial charge is 0.364 e. The minimum atomic E-state index is -3.84. The normalized spacial score (nSPS) is 11.3. The van der Waals surface area contributed by atoms with Gasteiger partial charge in [0.15, 0.2) is 5.69 Å². The Balaban J connectivity index is 2.24. The number of carbonyl (C=O) groups excluding carboxylic acids is 1. The van der Waals surface area contributed by atoms with Crippen LogP contribution in [0.1, 0.15) is 10.5 Å². The van der Waals surface area contributed by atoms with E-state index in [0.29, 0.717) is 5.69 Å². The molecule has 0 radical (unpaired) electrons. The second-order valence-electron chi connectivity index (χ2n) is 3.42. The summed E-state index contributed by atoms with van der Waals surface area (Å²) >= 11 is 3.07. The Morgan fingerprint density at radius 3 is 2.63 bits per heavy atom. The van der Waals surface area contributed by atoms with Crippen LogP contribution in [-0.2, 0) is 9.05 Å². The van der Waals surface area contributed by atoms with Crippen molar-refractivity contribution in [2.75, 3.05) is 5.32 Å². The molecular formula is C10H6BrClN2O4S. The fourth-order valence-electron chi connectivity index (χ4n) is 1.30. The topological polar surface area (TPSA) is 89.3 Å². The predicted octanol–water partition coefficient (Wildman–Crippen LogP) is 2.62. The fraction of sp³-hybridized carbons (Fsp3) is 0. The molecule has 0 unspecified atom stereocenters. The van der Waals surface area contributed by atoms with Crippen molar-refractivity contribution in [3.8, 4) is 0 Å². The van der Waals surface area contributed by atoms with Gasteiger partial charge in [0.2, 0.25) is 0 Å². The zero-order valence-electron chi connectivity index (χ0n) is 9.13. The van der Waals surface area contributed by atoms with Gasteiger partial charge in [-0.2, -0.15) is 0 Å². The van der Waals surface area contributed by atoms with Gasteiger partial charge in [0.25, 0.3) is 15.0 Å². The third kappa shape index (κ3) is 3.34. The highest BCUT2D eigenvalue weighted by atomic mass is 79.9. The van der Waals surface area contributed by atoms with Gasteiger partial charge < -0.3 is 9.84 Å². The van der Waals surface area contributed by atoms with Crippen LogP contribution in [0.25, 0.3) is 0 Å². The first-order chi connectivity index (χ1) is 8.88. The van der Waals surface area contributed by atoms with Crippen LogP contribution in [0.3, 0.4) is 0 Å². The van der Waals surface area contributed by atoms with Gasteiger partial charge in [0.1, 0.15) is 6.26 Å². The van der Waals surface area contributed by atoms with Gasteiger partial charge in [0.05, 0.1) is 4.90 Å².